The Kier molecular flexibility index (Phi) is 5.60. The molecule has 0 aliphatic carbocycles. The first-order chi connectivity index (χ1) is 8.37. The molecule has 1 heterocycles. The van der Waals surface area contributed by atoms with Crippen LogP contribution in [-0.2, 0) is 9.53 Å². The highest BCUT2D eigenvalue weighted by atomic mass is 16.5. The molecule has 1 saturated heterocycles. The molecule has 0 radical (unpaired) electrons. The fourth-order valence-electron chi connectivity index (χ4n) is 2.71. The van der Waals surface area contributed by atoms with Crippen molar-refractivity contribution < 1.29 is 14.6 Å². The van der Waals surface area contributed by atoms with Crippen LogP contribution < -0.4 is 0 Å². The minimum Gasteiger partial charge on any atom is -0.481 e. The van der Waals surface area contributed by atoms with Gasteiger partial charge in [-0.05, 0) is 39.2 Å². The highest BCUT2D eigenvalue weighted by molar-refractivity contribution is 5.75. The second-order valence-corrected chi connectivity index (χ2v) is 6.14. The third kappa shape index (κ3) is 3.95. The predicted molar refractivity (Wildman–Crippen MR) is 71.7 cm³/mol. The molecule has 18 heavy (non-hydrogen) atoms. The smallest absolute Gasteiger partial charge is 0.313 e. The average Bonchev–Trinajstić information content (AvgIpc) is 2.29. The van der Waals surface area contributed by atoms with Crippen molar-refractivity contribution in [3.63, 3.8) is 0 Å². The van der Waals surface area contributed by atoms with Crippen molar-refractivity contribution in [1.29, 1.82) is 0 Å². The van der Waals surface area contributed by atoms with Crippen molar-refractivity contribution in [2.24, 2.45) is 11.3 Å². The second-order valence-electron chi connectivity index (χ2n) is 6.14. The van der Waals surface area contributed by atoms with Crippen LogP contribution in [0.2, 0.25) is 0 Å². The molecule has 1 aliphatic heterocycles. The van der Waals surface area contributed by atoms with Crippen LogP contribution in [0, 0.1) is 11.3 Å². The lowest BCUT2D eigenvalue weighted by atomic mass is 9.81. The van der Waals surface area contributed by atoms with E-state index in [4.69, 9.17) is 4.74 Å². The molecule has 0 aromatic rings. The molecule has 2 unspecified atom stereocenters. The molecule has 0 aromatic carbocycles. The molecule has 0 amide bonds. The van der Waals surface area contributed by atoms with Crippen molar-refractivity contribution in [2.45, 2.75) is 46.1 Å². The molecule has 0 bridgehead atoms. The van der Waals surface area contributed by atoms with Gasteiger partial charge in [0, 0.05) is 19.2 Å². The molecule has 1 fully saturated rings. The first-order valence-corrected chi connectivity index (χ1v) is 6.89. The lowest BCUT2D eigenvalue weighted by Crippen LogP contribution is -2.49. The summed E-state index contributed by atoms with van der Waals surface area (Å²) in [6, 6.07) is 0.406. The molecule has 1 rings (SSSR count). The Morgan fingerprint density at radius 1 is 1.44 bits per heavy atom. The van der Waals surface area contributed by atoms with Gasteiger partial charge in [-0.25, -0.2) is 0 Å². The first kappa shape index (κ1) is 15.4. The normalized spacial score (nSPS) is 26.6. The van der Waals surface area contributed by atoms with E-state index in [2.05, 4.69) is 25.7 Å². The van der Waals surface area contributed by atoms with Gasteiger partial charge in [0.15, 0.2) is 0 Å². The van der Waals surface area contributed by atoms with E-state index < -0.39 is 11.4 Å². The van der Waals surface area contributed by atoms with Crippen molar-refractivity contribution in [2.75, 3.05) is 26.8 Å². The number of carboxylic acid groups (broad SMARTS) is 1. The van der Waals surface area contributed by atoms with Gasteiger partial charge >= 0.3 is 5.97 Å². The van der Waals surface area contributed by atoms with E-state index in [1.165, 1.54) is 0 Å². The van der Waals surface area contributed by atoms with E-state index in [-0.39, 0.29) is 0 Å². The van der Waals surface area contributed by atoms with Crippen LogP contribution in [0.1, 0.15) is 40.0 Å². The Hall–Kier alpha value is -0.610. The van der Waals surface area contributed by atoms with Gasteiger partial charge in [0.25, 0.3) is 0 Å². The number of aliphatic carboxylic acids is 1. The number of ether oxygens (including phenoxy) is 1. The fraction of sp³-hybridized carbons (Fsp3) is 0.929. The Morgan fingerprint density at radius 3 is 2.56 bits per heavy atom. The van der Waals surface area contributed by atoms with Gasteiger partial charge in [-0.2, -0.15) is 0 Å². The summed E-state index contributed by atoms with van der Waals surface area (Å²) in [5.74, 6) is -0.0865. The summed E-state index contributed by atoms with van der Waals surface area (Å²) < 4.78 is 5.40. The van der Waals surface area contributed by atoms with Crippen molar-refractivity contribution in [3.05, 3.63) is 0 Å². The lowest BCUT2D eigenvalue weighted by molar-refractivity contribution is -0.159. The Morgan fingerprint density at radius 2 is 2.11 bits per heavy atom. The highest BCUT2D eigenvalue weighted by Crippen LogP contribution is 2.30. The number of hydrogen-bond donors (Lipinski definition) is 1. The van der Waals surface area contributed by atoms with Crippen LogP contribution in [0.15, 0.2) is 0 Å². The quantitative estimate of drug-likeness (QED) is 0.793. The topological polar surface area (TPSA) is 49.8 Å². The Bertz CT molecular complexity index is 272. The minimum absolute atomic E-state index is 0.348. The molecule has 4 nitrogen and oxygen atoms in total. The van der Waals surface area contributed by atoms with E-state index in [0.29, 0.717) is 31.7 Å². The van der Waals surface area contributed by atoms with Gasteiger partial charge in [0.05, 0.1) is 6.61 Å². The summed E-state index contributed by atoms with van der Waals surface area (Å²) in [4.78, 5) is 13.7. The van der Waals surface area contributed by atoms with E-state index in [9.17, 15) is 9.90 Å². The van der Waals surface area contributed by atoms with Crippen molar-refractivity contribution in [1.82, 2.24) is 4.90 Å². The highest BCUT2D eigenvalue weighted by Gasteiger charge is 2.42. The summed E-state index contributed by atoms with van der Waals surface area (Å²) in [5.41, 5.74) is -0.710. The molecular weight excluding hydrogens is 230 g/mol. The summed E-state index contributed by atoms with van der Waals surface area (Å²) in [5, 5.41) is 9.49. The largest absolute Gasteiger partial charge is 0.481 e. The second kappa shape index (κ2) is 6.53. The van der Waals surface area contributed by atoms with E-state index in [1.807, 2.05) is 7.05 Å². The van der Waals surface area contributed by atoms with Crippen LogP contribution >= 0.6 is 0 Å². The summed E-state index contributed by atoms with van der Waals surface area (Å²) >= 11 is 0. The van der Waals surface area contributed by atoms with Crippen molar-refractivity contribution >= 4 is 5.97 Å². The molecule has 106 valence electrons. The lowest BCUT2D eigenvalue weighted by Gasteiger charge is -2.38. The predicted octanol–water partition coefficient (Wildman–Crippen LogP) is 2.23. The minimum atomic E-state index is -0.717. The monoisotopic (exact) mass is 257 g/mol. The molecule has 4 heteroatoms. The maximum absolute atomic E-state index is 11.5. The molecule has 0 saturated carbocycles. The standard InChI is InChI=1S/C14H27NO3/c1-11(2)8-12(3)15(4)9-14(13(16)17)6-5-7-18-10-14/h11-12H,5-10H2,1-4H3,(H,16,17). The van der Waals surface area contributed by atoms with Gasteiger partial charge in [0.2, 0.25) is 0 Å². The van der Waals surface area contributed by atoms with Gasteiger partial charge in [-0.1, -0.05) is 13.8 Å². The number of rotatable bonds is 6. The molecule has 0 spiro atoms. The summed E-state index contributed by atoms with van der Waals surface area (Å²) in [6.45, 7) is 8.18. The van der Waals surface area contributed by atoms with E-state index >= 15 is 0 Å². The zero-order chi connectivity index (χ0) is 13.8. The first-order valence-electron chi connectivity index (χ1n) is 6.89. The SMILES string of the molecule is CC(C)CC(C)N(C)CC1(C(=O)O)CCCOC1. The van der Waals surface area contributed by atoms with E-state index in [1.54, 1.807) is 0 Å². The number of carbonyl (C=O) groups is 1. The van der Waals surface area contributed by atoms with Gasteiger partial charge in [-0.15, -0.1) is 0 Å². The zero-order valence-corrected chi connectivity index (χ0v) is 12.1. The van der Waals surface area contributed by atoms with Crippen LogP contribution in [0.4, 0.5) is 0 Å². The Labute approximate surface area is 110 Å². The van der Waals surface area contributed by atoms with Crippen LogP contribution in [0.25, 0.3) is 0 Å². The van der Waals surface area contributed by atoms with Crippen LogP contribution in [0.3, 0.4) is 0 Å². The van der Waals surface area contributed by atoms with Crippen LogP contribution in [-0.4, -0.2) is 48.8 Å². The maximum atomic E-state index is 11.5. The molecule has 1 aliphatic rings. The third-order valence-electron chi connectivity index (χ3n) is 3.89. The number of nitrogens with zero attached hydrogens (tertiary/aromatic N) is 1. The van der Waals surface area contributed by atoms with E-state index in [0.717, 1.165) is 19.3 Å². The average molecular weight is 257 g/mol. The zero-order valence-electron chi connectivity index (χ0n) is 12.1. The van der Waals surface area contributed by atoms with Crippen LogP contribution in [0.5, 0.6) is 0 Å². The third-order valence-corrected chi connectivity index (χ3v) is 3.89. The molecule has 2 atom stereocenters. The Balaban J connectivity index is 2.63. The number of hydrogen-bond acceptors (Lipinski definition) is 3. The fourth-order valence-corrected chi connectivity index (χ4v) is 2.71. The summed E-state index contributed by atoms with van der Waals surface area (Å²) in [6.07, 6.45) is 2.66. The summed E-state index contributed by atoms with van der Waals surface area (Å²) in [7, 11) is 2.02. The van der Waals surface area contributed by atoms with Gasteiger partial charge in [-0.3, -0.25) is 4.79 Å². The molecular formula is C14H27NO3. The van der Waals surface area contributed by atoms with Gasteiger partial charge in [0.1, 0.15) is 5.41 Å². The molecule has 1 N–H and O–H groups in total. The van der Waals surface area contributed by atoms with Crippen molar-refractivity contribution in [3.8, 4) is 0 Å². The maximum Gasteiger partial charge on any atom is 0.313 e. The molecule has 0 aromatic heterocycles. The number of carboxylic acids is 1. The van der Waals surface area contributed by atoms with Gasteiger partial charge < -0.3 is 14.7 Å².